The van der Waals surface area contributed by atoms with Gasteiger partial charge in [-0.05, 0) is 37.8 Å². The van der Waals surface area contributed by atoms with E-state index in [-0.39, 0.29) is 0 Å². The van der Waals surface area contributed by atoms with E-state index in [1.807, 2.05) is 53.8 Å². The van der Waals surface area contributed by atoms with Gasteiger partial charge in [0.15, 0.2) is 11.5 Å². The molecule has 1 N–H and O–H groups in total. The number of fused-ring (bicyclic) bond motifs is 2. The highest BCUT2D eigenvalue weighted by Gasteiger charge is 2.15. The van der Waals surface area contributed by atoms with Gasteiger partial charge in [0.1, 0.15) is 5.82 Å². The molecule has 6 nitrogen and oxygen atoms in total. The molecule has 0 spiro atoms. The molecule has 5 rings (SSSR count). The molecule has 0 saturated heterocycles. The van der Waals surface area contributed by atoms with Crippen LogP contribution in [0.1, 0.15) is 28.4 Å². The average Bonchev–Trinajstić information content (AvgIpc) is 3.32. The van der Waals surface area contributed by atoms with Crippen LogP contribution in [0, 0.1) is 0 Å². The summed E-state index contributed by atoms with van der Waals surface area (Å²) in [5, 5.41) is 17.8. The molecule has 4 aromatic rings. The van der Waals surface area contributed by atoms with Crippen LogP contribution in [-0.2, 0) is 19.3 Å². The Hall–Kier alpha value is -2.80. The Morgan fingerprint density at radius 3 is 2.78 bits per heavy atom. The predicted octanol–water partition coefficient (Wildman–Crippen LogP) is 3.78. The van der Waals surface area contributed by atoms with Crippen LogP contribution in [0.2, 0.25) is 0 Å². The summed E-state index contributed by atoms with van der Waals surface area (Å²) >= 11 is 1.88. The van der Waals surface area contributed by atoms with Crippen molar-refractivity contribution in [3.8, 4) is 11.4 Å². The molecule has 0 aliphatic heterocycles. The van der Waals surface area contributed by atoms with Crippen molar-refractivity contribution < 1.29 is 0 Å². The number of anilines is 1. The molecule has 3 aromatic heterocycles. The maximum Gasteiger partial charge on any atom is 0.185 e. The zero-order valence-corrected chi connectivity index (χ0v) is 15.7. The highest BCUT2D eigenvalue weighted by Crippen LogP contribution is 2.27. The van der Waals surface area contributed by atoms with E-state index in [2.05, 4.69) is 20.6 Å². The number of aromatic nitrogens is 5. The Labute approximate surface area is 161 Å². The molecule has 1 aliphatic carbocycles. The monoisotopic (exact) mass is 376 g/mol. The van der Waals surface area contributed by atoms with Gasteiger partial charge in [-0.25, -0.2) is 4.98 Å². The topological polar surface area (TPSA) is 68.0 Å². The predicted molar refractivity (Wildman–Crippen MR) is 107 cm³/mol. The van der Waals surface area contributed by atoms with E-state index in [1.165, 1.54) is 34.8 Å². The lowest BCUT2D eigenvalue weighted by atomic mass is 10.0. The van der Waals surface area contributed by atoms with E-state index < -0.39 is 0 Å². The van der Waals surface area contributed by atoms with Crippen molar-refractivity contribution in [1.29, 1.82) is 0 Å². The van der Waals surface area contributed by atoms with Gasteiger partial charge in [-0.3, -0.25) is 0 Å². The normalized spacial score (nSPS) is 13.6. The van der Waals surface area contributed by atoms with Gasteiger partial charge in [0.05, 0.1) is 10.7 Å². The van der Waals surface area contributed by atoms with Crippen LogP contribution in [0.25, 0.3) is 17.0 Å². The van der Waals surface area contributed by atoms with Crippen molar-refractivity contribution in [2.45, 2.75) is 32.1 Å². The standard InChI is InChI=1S/C20H20N6S/c1-2-6-14(7-3-1)20-24-23-18-11-10-17(25-26(18)20)21-13-12-19-22-15-8-4-5-9-16(15)27-19/h1-3,6-7,10-11H,4-5,8-9,12-13H2,(H,21,25). The quantitative estimate of drug-likeness (QED) is 0.574. The van der Waals surface area contributed by atoms with Crippen molar-refractivity contribution in [3.05, 3.63) is 58.0 Å². The first kappa shape index (κ1) is 16.4. The molecule has 3 heterocycles. The summed E-state index contributed by atoms with van der Waals surface area (Å²) in [5.41, 5.74) is 3.08. The lowest BCUT2D eigenvalue weighted by Crippen LogP contribution is -2.08. The number of nitrogens with zero attached hydrogens (tertiary/aromatic N) is 5. The molecule has 0 bridgehead atoms. The van der Waals surface area contributed by atoms with Crippen LogP contribution in [0.4, 0.5) is 5.82 Å². The van der Waals surface area contributed by atoms with Gasteiger partial charge in [0.2, 0.25) is 0 Å². The summed E-state index contributed by atoms with van der Waals surface area (Å²) < 4.78 is 1.79. The smallest absolute Gasteiger partial charge is 0.185 e. The zero-order chi connectivity index (χ0) is 18.1. The van der Waals surface area contributed by atoms with Gasteiger partial charge in [0, 0.05) is 23.4 Å². The summed E-state index contributed by atoms with van der Waals surface area (Å²) in [6, 6.07) is 13.9. The van der Waals surface area contributed by atoms with Gasteiger partial charge in [-0.15, -0.1) is 26.6 Å². The summed E-state index contributed by atoms with van der Waals surface area (Å²) in [4.78, 5) is 6.30. The molecule has 0 saturated carbocycles. The Balaban J connectivity index is 1.31. The molecule has 0 unspecified atom stereocenters. The Morgan fingerprint density at radius 2 is 1.89 bits per heavy atom. The summed E-state index contributed by atoms with van der Waals surface area (Å²) in [7, 11) is 0. The van der Waals surface area contributed by atoms with Gasteiger partial charge in [-0.2, -0.15) is 4.52 Å². The third-order valence-corrected chi connectivity index (χ3v) is 6.05. The highest BCUT2D eigenvalue weighted by atomic mass is 32.1. The molecule has 1 aliphatic rings. The average molecular weight is 376 g/mol. The van der Waals surface area contributed by atoms with E-state index in [0.29, 0.717) is 0 Å². The molecule has 136 valence electrons. The molecule has 0 atom stereocenters. The second-order valence-corrected chi connectivity index (χ2v) is 7.91. The van der Waals surface area contributed by atoms with Gasteiger partial charge in [-0.1, -0.05) is 30.3 Å². The second kappa shape index (κ2) is 7.08. The Bertz CT molecular complexity index is 1050. The molecule has 7 heteroatoms. The fourth-order valence-corrected chi connectivity index (χ4v) is 4.62. The highest BCUT2D eigenvalue weighted by molar-refractivity contribution is 7.11. The summed E-state index contributed by atoms with van der Waals surface area (Å²) in [6.45, 7) is 0.813. The number of nitrogens with one attached hydrogen (secondary N) is 1. The first-order chi connectivity index (χ1) is 13.4. The van der Waals surface area contributed by atoms with Crippen LogP contribution in [0.3, 0.4) is 0 Å². The molecule has 1 aromatic carbocycles. The number of rotatable bonds is 5. The van der Waals surface area contributed by atoms with E-state index >= 15 is 0 Å². The van der Waals surface area contributed by atoms with E-state index in [1.54, 1.807) is 4.52 Å². The van der Waals surface area contributed by atoms with Crippen molar-refractivity contribution in [2.24, 2.45) is 0 Å². The van der Waals surface area contributed by atoms with Crippen LogP contribution < -0.4 is 5.32 Å². The first-order valence-electron chi connectivity index (χ1n) is 9.36. The van der Waals surface area contributed by atoms with Crippen molar-refractivity contribution >= 4 is 22.8 Å². The van der Waals surface area contributed by atoms with Crippen LogP contribution in [0.5, 0.6) is 0 Å². The molecule has 0 amide bonds. The molecule has 27 heavy (non-hydrogen) atoms. The van der Waals surface area contributed by atoms with E-state index in [4.69, 9.17) is 4.98 Å². The van der Waals surface area contributed by atoms with Crippen LogP contribution in [0.15, 0.2) is 42.5 Å². The molecular formula is C20H20N6S. The van der Waals surface area contributed by atoms with Crippen molar-refractivity contribution in [3.63, 3.8) is 0 Å². The minimum atomic E-state index is 0.743. The fraction of sp³-hybridized carbons (Fsp3) is 0.300. The third-order valence-electron chi connectivity index (χ3n) is 4.83. The number of aryl methyl sites for hydroxylation is 2. The molecule has 0 radical (unpaired) electrons. The van der Waals surface area contributed by atoms with E-state index in [0.717, 1.165) is 42.2 Å². The van der Waals surface area contributed by atoms with Gasteiger partial charge in [0.25, 0.3) is 0 Å². The van der Waals surface area contributed by atoms with Gasteiger partial charge >= 0.3 is 0 Å². The SMILES string of the molecule is c1ccc(-c2nnc3ccc(NCCc4nc5c(s4)CCCC5)nn23)cc1. The summed E-state index contributed by atoms with van der Waals surface area (Å²) in [5.74, 6) is 1.57. The number of hydrogen-bond donors (Lipinski definition) is 1. The lowest BCUT2D eigenvalue weighted by molar-refractivity contribution is 0.680. The summed E-state index contributed by atoms with van der Waals surface area (Å²) in [6.07, 6.45) is 5.85. The molecule has 0 fully saturated rings. The fourth-order valence-electron chi connectivity index (χ4n) is 3.46. The number of benzene rings is 1. The Kier molecular flexibility index (Phi) is 4.29. The zero-order valence-electron chi connectivity index (χ0n) is 14.9. The molecular weight excluding hydrogens is 356 g/mol. The second-order valence-electron chi connectivity index (χ2n) is 6.74. The maximum absolute atomic E-state index is 4.81. The van der Waals surface area contributed by atoms with Crippen LogP contribution >= 0.6 is 11.3 Å². The third kappa shape index (κ3) is 3.30. The Morgan fingerprint density at radius 1 is 1.00 bits per heavy atom. The van der Waals surface area contributed by atoms with Crippen molar-refractivity contribution in [1.82, 2.24) is 24.8 Å². The minimum absolute atomic E-state index is 0.743. The van der Waals surface area contributed by atoms with Crippen LogP contribution in [-0.4, -0.2) is 31.3 Å². The van der Waals surface area contributed by atoms with Crippen molar-refractivity contribution in [2.75, 3.05) is 11.9 Å². The number of thiazole rings is 1. The maximum atomic E-state index is 4.81. The van der Waals surface area contributed by atoms with E-state index in [9.17, 15) is 0 Å². The number of hydrogen-bond acceptors (Lipinski definition) is 6. The first-order valence-corrected chi connectivity index (χ1v) is 10.2. The minimum Gasteiger partial charge on any atom is -0.368 e. The van der Waals surface area contributed by atoms with Gasteiger partial charge < -0.3 is 5.32 Å². The largest absolute Gasteiger partial charge is 0.368 e. The lowest BCUT2D eigenvalue weighted by Gasteiger charge is -2.06.